The molecule has 2 rings (SSSR count). The Kier molecular flexibility index (Phi) is 3.43. The molecule has 3 N–H and O–H groups in total. The number of nitrogen functional groups attached to an aromatic ring is 1. The minimum Gasteiger partial charge on any atom is -0.439 e. The van der Waals surface area contributed by atoms with E-state index in [4.69, 9.17) is 10.5 Å². The van der Waals surface area contributed by atoms with E-state index in [0.717, 1.165) is 0 Å². The monoisotopic (exact) mass is 243 g/mol. The maximum absolute atomic E-state index is 11.4. The average Bonchev–Trinajstić information content (AvgIpc) is 2.41. The molecule has 18 heavy (non-hydrogen) atoms. The van der Waals surface area contributed by atoms with Gasteiger partial charge in [-0.2, -0.15) is 0 Å². The maximum atomic E-state index is 11.4. The van der Waals surface area contributed by atoms with Gasteiger partial charge < -0.3 is 15.8 Å². The van der Waals surface area contributed by atoms with Crippen LogP contribution in [0.15, 0.2) is 42.5 Å². The summed E-state index contributed by atoms with van der Waals surface area (Å²) in [5.74, 6) is 0.726. The number of rotatable bonds is 3. The molecule has 0 unspecified atom stereocenters. The lowest BCUT2D eigenvalue weighted by atomic mass is 10.3. The number of benzene rings is 1. The predicted molar refractivity (Wildman–Crippen MR) is 68.6 cm³/mol. The zero-order valence-electron chi connectivity index (χ0n) is 9.88. The fourth-order valence-electron chi connectivity index (χ4n) is 1.38. The zero-order valence-corrected chi connectivity index (χ0v) is 9.88. The van der Waals surface area contributed by atoms with Crippen molar-refractivity contribution in [2.45, 2.75) is 0 Å². The molecule has 0 bridgehead atoms. The van der Waals surface area contributed by atoms with Crippen molar-refractivity contribution in [3.63, 3.8) is 0 Å². The van der Waals surface area contributed by atoms with Crippen molar-refractivity contribution in [2.75, 3.05) is 12.8 Å². The van der Waals surface area contributed by atoms with E-state index < -0.39 is 0 Å². The van der Waals surface area contributed by atoms with E-state index in [1.165, 1.54) is 0 Å². The Morgan fingerprint density at radius 3 is 2.61 bits per heavy atom. The summed E-state index contributed by atoms with van der Waals surface area (Å²) in [6.45, 7) is 0. The first-order chi connectivity index (χ1) is 8.69. The Morgan fingerprint density at radius 1 is 1.22 bits per heavy atom. The van der Waals surface area contributed by atoms with E-state index in [1.807, 2.05) is 0 Å². The first-order valence-corrected chi connectivity index (χ1v) is 5.41. The molecular weight excluding hydrogens is 230 g/mol. The van der Waals surface area contributed by atoms with Gasteiger partial charge in [-0.05, 0) is 30.3 Å². The summed E-state index contributed by atoms with van der Waals surface area (Å²) in [7, 11) is 1.55. The highest BCUT2D eigenvalue weighted by molar-refractivity contribution is 5.92. The van der Waals surface area contributed by atoms with Gasteiger partial charge in [-0.1, -0.05) is 6.07 Å². The smallest absolute Gasteiger partial charge is 0.269 e. The number of ether oxygens (including phenoxy) is 1. The second-order valence-electron chi connectivity index (χ2n) is 3.61. The number of hydrogen-bond acceptors (Lipinski definition) is 4. The van der Waals surface area contributed by atoms with Crippen LogP contribution in [0.4, 0.5) is 5.69 Å². The van der Waals surface area contributed by atoms with Crippen LogP contribution >= 0.6 is 0 Å². The van der Waals surface area contributed by atoms with Crippen molar-refractivity contribution >= 4 is 11.6 Å². The average molecular weight is 243 g/mol. The van der Waals surface area contributed by atoms with Gasteiger partial charge >= 0.3 is 0 Å². The Hall–Kier alpha value is -2.56. The van der Waals surface area contributed by atoms with Gasteiger partial charge in [-0.25, -0.2) is 4.98 Å². The molecule has 2 aromatic rings. The summed E-state index contributed by atoms with van der Waals surface area (Å²) in [5.41, 5.74) is 6.55. The highest BCUT2D eigenvalue weighted by atomic mass is 16.5. The number of hydrogen-bond donors (Lipinski definition) is 2. The van der Waals surface area contributed by atoms with Crippen LogP contribution in [0.1, 0.15) is 10.5 Å². The normalized spacial score (nSPS) is 9.83. The molecule has 0 spiro atoms. The van der Waals surface area contributed by atoms with Gasteiger partial charge in [0.05, 0.1) is 0 Å². The molecule has 1 aromatic heterocycles. The van der Waals surface area contributed by atoms with Crippen molar-refractivity contribution in [3.8, 4) is 11.6 Å². The van der Waals surface area contributed by atoms with E-state index in [1.54, 1.807) is 49.5 Å². The number of amides is 1. The largest absolute Gasteiger partial charge is 0.439 e. The highest BCUT2D eigenvalue weighted by Gasteiger charge is 2.06. The Morgan fingerprint density at radius 2 is 1.94 bits per heavy atom. The number of carbonyl (C=O) groups excluding carboxylic acids is 1. The van der Waals surface area contributed by atoms with E-state index in [2.05, 4.69) is 10.3 Å². The molecule has 92 valence electrons. The number of nitrogens with one attached hydrogen (secondary N) is 1. The standard InChI is InChI=1S/C13H13N3O2/c1-15-13(17)11-3-2-4-12(16-11)18-10-7-5-9(14)6-8-10/h2-8H,14H2,1H3,(H,15,17). The molecule has 0 saturated carbocycles. The van der Waals surface area contributed by atoms with Gasteiger partial charge in [0.25, 0.3) is 5.91 Å². The molecule has 0 radical (unpaired) electrons. The van der Waals surface area contributed by atoms with Crippen molar-refractivity contribution in [2.24, 2.45) is 0 Å². The number of carbonyl (C=O) groups is 1. The summed E-state index contributed by atoms with van der Waals surface area (Å²) < 4.78 is 5.52. The number of nitrogens with two attached hydrogens (primary N) is 1. The predicted octanol–water partition coefficient (Wildman–Crippen LogP) is 1.82. The number of pyridine rings is 1. The summed E-state index contributed by atoms with van der Waals surface area (Å²) in [6.07, 6.45) is 0. The highest BCUT2D eigenvalue weighted by Crippen LogP contribution is 2.20. The molecule has 1 heterocycles. The van der Waals surface area contributed by atoms with Crippen LogP contribution in [0.25, 0.3) is 0 Å². The maximum Gasteiger partial charge on any atom is 0.269 e. The zero-order chi connectivity index (χ0) is 13.0. The van der Waals surface area contributed by atoms with Crippen molar-refractivity contribution in [3.05, 3.63) is 48.2 Å². The van der Waals surface area contributed by atoms with Crippen molar-refractivity contribution in [1.82, 2.24) is 10.3 Å². The third-order valence-corrected chi connectivity index (χ3v) is 2.29. The van der Waals surface area contributed by atoms with Crippen LogP contribution in [-0.2, 0) is 0 Å². The van der Waals surface area contributed by atoms with E-state index >= 15 is 0 Å². The van der Waals surface area contributed by atoms with E-state index in [0.29, 0.717) is 23.0 Å². The van der Waals surface area contributed by atoms with Crippen LogP contribution in [-0.4, -0.2) is 17.9 Å². The minimum atomic E-state index is -0.252. The molecule has 5 nitrogen and oxygen atoms in total. The van der Waals surface area contributed by atoms with Crippen LogP contribution in [0.5, 0.6) is 11.6 Å². The summed E-state index contributed by atoms with van der Waals surface area (Å²) in [4.78, 5) is 15.5. The minimum absolute atomic E-state index is 0.252. The summed E-state index contributed by atoms with van der Waals surface area (Å²) >= 11 is 0. The van der Waals surface area contributed by atoms with Gasteiger partial charge in [-0.3, -0.25) is 4.79 Å². The third kappa shape index (κ3) is 2.76. The van der Waals surface area contributed by atoms with E-state index in [9.17, 15) is 4.79 Å². The molecule has 0 aliphatic rings. The Labute approximate surface area is 105 Å². The lowest BCUT2D eigenvalue weighted by Crippen LogP contribution is -2.19. The van der Waals surface area contributed by atoms with Crippen molar-refractivity contribution in [1.29, 1.82) is 0 Å². The van der Waals surface area contributed by atoms with Crippen LogP contribution in [0.3, 0.4) is 0 Å². The number of anilines is 1. The quantitative estimate of drug-likeness (QED) is 0.806. The second-order valence-corrected chi connectivity index (χ2v) is 3.61. The summed E-state index contributed by atoms with van der Waals surface area (Å²) in [6, 6.07) is 12.0. The molecular formula is C13H13N3O2. The van der Waals surface area contributed by atoms with Crippen LogP contribution < -0.4 is 15.8 Å². The van der Waals surface area contributed by atoms with Gasteiger partial charge in [-0.15, -0.1) is 0 Å². The molecule has 0 aliphatic heterocycles. The SMILES string of the molecule is CNC(=O)c1cccc(Oc2ccc(N)cc2)n1. The molecule has 1 amide bonds. The number of nitrogens with zero attached hydrogens (tertiary/aromatic N) is 1. The molecule has 0 atom stereocenters. The van der Waals surface area contributed by atoms with Crippen molar-refractivity contribution < 1.29 is 9.53 Å². The Balaban J connectivity index is 2.19. The van der Waals surface area contributed by atoms with Gasteiger partial charge in [0.1, 0.15) is 11.4 Å². The van der Waals surface area contributed by atoms with Gasteiger partial charge in [0.15, 0.2) is 0 Å². The fourth-order valence-corrected chi connectivity index (χ4v) is 1.38. The Bertz CT molecular complexity index is 552. The molecule has 0 fully saturated rings. The first kappa shape index (κ1) is 11.9. The lowest BCUT2D eigenvalue weighted by Gasteiger charge is -2.06. The summed E-state index contributed by atoms with van der Waals surface area (Å²) in [5, 5.41) is 2.51. The van der Waals surface area contributed by atoms with E-state index in [-0.39, 0.29) is 5.91 Å². The molecule has 1 aromatic carbocycles. The number of aromatic nitrogens is 1. The fraction of sp³-hybridized carbons (Fsp3) is 0.0769. The van der Waals surface area contributed by atoms with Crippen LogP contribution in [0, 0.1) is 0 Å². The topological polar surface area (TPSA) is 77.2 Å². The molecule has 0 saturated heterocycles. The van der Waals surface area contributed by atoms with Gasteiger partial charge in [0.2, 0.25) is 5.88 Å². The molecule has 5 heteroatoms. The third-order valence-electron chi connectivity index (χ3n) is 2.29. The first-order valence-electron chi connectivity index (χ1n) is 5.41. The van der Waals surface area contributed by atoms with Crippen LogP contribution in [0.2, 0.25) is 0 Å². The lowest BCUT2D eigenvalue weighted by molar-refractivity contribution is 0.0957. The second kappa shape index (κ2) is 5.18. The molecule has 0 aliphatic carbocycles. The van der Waals surface area contributed by atoms with Gasteiger partial charge in [0, 0.05) is 18.8 Å².